The number of nitrogens with one attached hydrogen (secondary N) is 2. The monoisotopic (exact) mass is 532 g/mol. The van der Waals surface area contributed by atoms with Crippen LogP contribution in [-0.4, -0.2) is 37.0 Å². The molecule has 0 unspecified atom stereocenters. The molecule has 0 aromatic heterocycles. The number of hydrogen-bond acceptors (Lipinski definition) is 6. The van der Waals surface area contributed by atoms with E-state index in [9.17, 15) is 19.2 Å². The highest BCUT2D eigenvalue weighted by Gasteiger charge is 2.12. The maximum Gasteiger partial charge on any atom is 0.338 e. The number of benzene rings is 2. The van der Waals surface area contributed by atoms with E-state index in [-0.39, 0.29) is 25.2 Å². The number of anilines is 2. The summed E-state index contributed by atoms with van der Waals surface area (Å²) >= 11 is 3.47. The van der Waals surface area contributed by atoms with Gasteiger partial charge in [0, 0.05) is 28.7 Å². The second-order valence-corrected chi connectivity index (χ2v) is 8.54. The first-order valence-corrected chi connectivity index (χ1v) is 11.8. The highest BCUT2D eigenvalue weighted by Crippen LogP contribution is 2.25. The van der Waals surface area contributed by atoms with Crippen molar-refractivity contribution in [2.45, 2.75) is 46.5 Å². The Balaban J connectivity index is 1.67. The molecule has 2 N–H and O–H groups in total. The van der Waals surface area contributed by atoms with Gasteiger partial charge in [0.15, 0.2) is 6.61 Å². The average Bonchev–Trinajstić information content (AvgIpc) is 2.80. The standard InChI is InChI=1S/C25H29BrN2O6/c1-4-12-33-25(32)18-8-10-19(11-9-18)27-21(29)6-5-7-23(31)34-15-22(30)28-20-13-16(2)24(26)17(3)14-20/h8-11,13-14H,4-7,12,15H2,1-3H3,(H,27,29)(H,28,30). The highest BCUT2D eigenvalue weighted by atomic mass is 79.9. The van der Waals surface area contributed by atoms with Crippen LogP contribution in [0.3, 0.4) is 0 Å². The van der Waals surface area contributed by atoms with Crippen LogP contribution in [0, 0.1) is 13.8 Å². The Labute approximate surface area is 207 Å². The van der Waals surface area contributed by atoms with E-state index in [1.807, 2.05) is 32.9 Å². The third kappa shape index (κ3) is 8.97. The molecule has 0 saturated heterocycles. The second kappa shape index (κ2) is 13.5. The van der Waals surface area contributed by atoms with Gasteiger partial charge < -0.3 is 20.1 Å². The Kier molecular flexibility index (Phi) is 10.7. The normalized spacial score (nSPS) is 10.4. The van der Waals surface area contributed by atoms with E-state index in [0.29, 0.717) is 23.5 Å². The summed E-state index contributed by atoms with van der Waals surface area (Å²) in [4.78, 5) is 47.8. The first-order chi connectivity index (χ1) is 16.2. The SMILES string of the molecule is CCCOC(=O)c1ccc(NC(=O)CCCC(=O)OCC(=O)Nc2cc(C)c(Br)c(C)c2)cc1. The second-order valence-electron chi connectivity index (χ2n) is 7.75. The van der Waals surface area contributed by atoms with Gasteiger partial charge in [0.2, 0.25) is 5.91 Å². The summed E-state index contributed by atoms with van der Waals surface area (Å²) in [5.41, 5.74) is 3.53. The fourth-order valence-corrected chi connectivity index (χ4v) is 3.25. The van der Waals surface area contributed by atoms with Crippen molar-refractivity contribution in [3.63, 3.8) is 0 Å². The van der Waals surface area contributed by atoms with Crippen molar-refractivity contribution in [2.75, 3.05) is 23.8 Å². The molecule has 2 aromatic carbocycles. The van der Waals surface area contributed by atoms with Crippen LogP contribution in [0.2, 0.25) is 0 Å². The van der Waals surface area contributed by atoms with Gasteiger partial charge in [0.25, 0.3) is 5.91 Å². The third-order valence-corrected chi connectivity index (χ3v) is 5.96. The van der Waals surface area contributed by atoms with E-state index in [1.54, 1.807) is 24.3 Å². The van der Waals surface area contributed by atoms with Crippen molar-refractivity contribution in [3.05, 3.63) is 57.6 Å². The van der Waals surface area contributed by atoms with Crippen LogP contribution in [0.4, 0.5) is 11.4 Å². The van der Waals surface area contributed by atoms with Crippen LogP contribution in [0.1, 0.15) is 54.1 Å². The van der Waals surface area contributed by atoms with E-state index in [4.69, 9.17) is 9.47 Å². The van der Waals surface area contributed by atoms with Gasteiger partial charge in [-0.2, -0.15) is 0 Å². The molecule has 2 amide bonds. The van der Waals surface area contributed by atoms with Gasteiger partial charge in [0.05, 0.1) is 12.2 Å². The van der Waals surface area contributed by atoms with Crippen molar-refractivity contribution >= 4 is 51.1 Å². The summed E-state index contributed by atoms with van der Waals surface area (Å²) in [7, 11) is 0. The van der Waals surface area contributed by atoms with Crippen LogP contribution in [0.15, 0.2) is 40.9 Å². The van der Waals surface area contributed by atoms with Crippen LogP contribution < -0.4 is 10.6 Å². The molecule has 0 atom stereocenters. The number of aryl methyl sites for hydroxylation is 2. The van der Waals surface area contributed by atoms with Crippen LogP contribution >= 0.6 is 15.9 Å². The molecule has 0 bridgehead atoms. The van der Waals surface area contributed by atoms with Crippen molar-refractivity contribution in [2.24, 2.45) is 0 Å². The molecular formula is C25H29BrN2O6. The highest BCUT2D eigenvalue weighted by molar-refractivity contribution is 9.10. The van der Waals surface area contributed by atoms with Crippen molar-refractivity contribution in [1.29, 1.82) is 0 Å². The number of esters is 2. The molecule has 0 spiro atoms. The summed E-state index contributed by atoms with van der Waals surface area (Å²) in [5.74, 6) is -1.67. The molecule has 0 radical (unpaired) electrons. The average molecular weight is 533 g/mol. The number of carbonyl (C=O) groups is 4. The van der Waals surface area contributed by atoms with Gasteiger partial charge in [0.1, 0.15) is 0 Å². The zero-order valence-electron chi connectivity index (χ0n) is 19.5. The maximum atomic E-state index is 12.1. The Hall–Kier alpha value is -3.20. The molecule has 0 aliphatic carbocycles. The quantitative estimate of drug-likeness (QED) is 0.397. The van der Waals surface area contributed by atoms with E-state index >= 15 is 0 Å². The molecule has 0 saturated carbocycles. The van der Waals surface area contributed by atoms with Crippen LogP contribution in [0.25, 0.3) is 0 Å². The van der Waals surface area contributed by atoms with Gasteiger partial charge in [-0.05, 0) is 74.2 Å². The van der Waals surface area contributed by atoms with Crippen LogP contribution in [0.5, 0.6) is 0 Å². The smallest absolute Gasteiger partial charge is 0.338 e. The van der Waals surface area contributed by atoms with Crippen molar-refractivity contribution in [1.82, 2.24) is 0 Å². The Morgan fingerprint density at radius 3 is 2.09 bits per heavy atom. The first-order valence-electron chi connectivity index (χ1n) is 11.0. The van der Waals surface area contributed by atoms with Gasteiger partial charge >= 0.3 is 11.9 Å². The molecule has 8 nitrogen and oxygen atoms in total. The van der Waals surface area contributed by atoms with Crippen molar-refractivity contribution < 1.29 is 28.7 Å². The lowest BCUT2D eigenvalue weighted by Crippen LogP contribution is -2.21. The molecule has 34 heavy (non-hydrogen) atoms. The molecule has 9 heteroatoms. The predicted octanol–water partition coefficient (Wildman–Crippen LogP) is 4.92. The largest absolute Gasteiger partial charge is 0.462 e. The fraction of sp³-hybridized carbons (Fsp3) is 0.360. The molecule has 0 aliphatic heterocycles. The van der Waals surface area contributed by atoms with Crippen LogP contribution in [-0.2, 0) is 23.9 Å². The summed E-state index contributed by atoms with van der Waals surface area (Å²) in [6.45, 7) is 5.71. The van der Waals surface area contributed by atoms with Gasteiger partial charge in [-0.25, -0.2) is 4.79 Å². The van der Waals surface area contributed by atoms with E-state index < -0.39 is 24.5 Å². The van der Waals surface area contributed by atoms with Gasteiger partial charge in [-0.3, -0.25) is 14.4 Å². The fourth-order valence-electron chi connectivity index (χ4n) is 3.02. The van der Waals surface area contributed by atoms with E-state index in [1.165, 1.54) is 0 Å². The summed E-state index contributed by atoms with van der Waals surface area (Å²) in [5, 5.41) is 5.40. The number of rotatable bonds is 11. The predicted molar refractivity (Wildman–Crippen MR) is 133 cm³/mol. The maximum absolute atomic E-state index is 12.1. The molecular weight excluding hydrogens is 504 g/mol. The first kappa shape index (κ1) is 27.0. The minimum absolute atomic E-state index is 0.0133. The Morgan fingerprint density at radius 2 is 1.47 bits per heavy atom. The van der Waals surface area contributed by atoms with E-state index in [0.717, 1.165) is 22.0 Å². The van der Waals surface area contributed by atoms with Crippen molar-refractivity contribution in [3.8, 4) is 0 Å². The minimum Gasteiger partial charge on any atom is -0.462 e. The molecule has 0 heterocycles. The molecule has 2 rings (SSSR count). The molecule has 2 aromatic rings. The van der Waals surface area contributed by atoms with E-state index in [2.05, 4.69) is 26.6 Å². The lowest BCUT2D eigenvalue weighted by Gasteiger charge is -2.10. The lowest BCUT2D eigenvalue weighted by molar-refractivity contribution is -0.147. The number of halogens is 1. The van der Waals surface area contributed by atoms with Gasteiger partial charge in [-0.15, -0.1) is 0 Å². The van der Waals surface area contributed by atoms with Gasteiger partial charge in [-0.1, -0.05) is 22.9 Å². The Bertz CT molecular complexity index is 1010. The number of carbonyl (C=O) groups excluding carboxylic acids is 4. The number of hydrogen-bond donors (Lipinski definition) is 2. The molecule has 0 aliphatic rings. The molecule has 182 valence electrons. The summed E-state index contributed by atoms with van der Waals surface area (Å²) < 4.78 is 11.0. The third-order valence-electron chi connectivity index (χ3n) is 4.71. The summed E-state index contributed by atoms with van der Waals surface area (Å²) in [6, 6.07) is 10.0. The number of amides is 2. The topological polar surface area (TPSA) is 111 Å². The zero-order chi connectivity index (χ0) is 25.1. The summed E-state index contributed by atoms with van der Waals surface area (Å²) in [6.07, 6.45) is 1.14. The molecule has 0 fully saturated rings. The minimum atomic E-state index is -0.555. The zero-order valence-corrected chi connectivity index (χ0v) is 21.1. The lowest BCUT2D eigenvalue weighted by atomic mass is 10.1. The Morgan fingerprint density at radius 1 is 0.853 bits per heavy atom. The number of ether oxygens (including phenoxy) is 2.